The number of hydrogen-bond acceptors (Lipinski definition) is 6. The molecule has 0 unspecified atom stereocenters. The van der Waals surface area contributed by atoms with E-state index in [-0.39, 0.29) is 18.5 Å². The SMILES string of the molecule is C[C@H](N(Cc1ccc(F)cc1)C(=O)CN1C(=O)O[C@@]2(CCc3cc(-c4cnn(CC(N)=O)c4)ccc32)C1=O)C(F)(F)F. The van der Waals surface area contributed by atoms with Crippen LogP contribution in [0.4, 0.5) is 22.4 Å². The Hall–Kier alpha value is -4.75. The van der Waals surface area contributed by atoms with Crippen LogP contribution in [0.5, 0.6) is 0 Å². The Bertz CT molecular complexity index is 1570. The van der Waals surface area contributed by atoms with Crippen molar-refractivity contribution in [2.24, 2.45) is 5.73 Å². The number of ether oxygens (including phenoxy) is 1. The molecule has 2 heterocycles. The minimum atomic E-state index is -4.80. The lowest BCUT2D eigenvalue weighted by molar-refractivity contribution is -0.187. The third-order valence-electron chi connectivity index (χ3n) is 7.46. The summed E-state index contributed by atoms with van der Waals surface area (Å²) in [6, 6.07) is 7.43. The van der Waals surface area contributed by atoms with Gasteiger partial charge in [-0.05, 0) is 42.2 Å². The molecule has 1 aliphatic heterocycles. The highest BCUT2D eigenvalue weighted by molar-refractivity contribution is 6.06. The summed E-state index contributed by atoms with van der Waals surface area (Å²) in [5, 5.41) is 4.09. The standard InChI is InChI=1S/C28H25F4N5O5/c1-16(28(30,31)32)36(12-17-2-5-21(29)6-3-17)24(39)15-37-25(40)27(42-26(37)41)9-8-19-10-18(4-7-22(19)27)20-11-34-35(13-20)14-23(33)38/h2-7,10-11,13,16H,8-9,12,14-15H2,1H3,(H2,33,38)/t16-,27+/m0/s1. The number of imide groups is 1. The molecule has 2 aromatic carbocycles. The Morgan fingerprint density at radius 1 is 1.12 bits per heavy atom. The molecule has 5 rings (SSSR count). The van der Waals surface area contributed by atoms with Gasteiger partial charge in [0.05, 0.1) is 6.20 Å². The number of aromatic nitrogens is 2. The zero-order valence-corrected chi connectivity index (χ0v) is 22.2. The summed E-state index contributed by atoms with van der Waals surface area (Å²) >= 11 is 0. The molecule has 10 nitrogen and oxygen atoms in total. The molecule has 1 saturated heterocycles. The van der Waals surface area contributed by atoms with Gasteiger partial charge in [0.1, 0.15) is 24.9 Å². The number of nitrogens with zero attached hydrogens (tertiary/aromatic N) is 4. The summed E-state index contributed by atoms with van der Waals surface area (Å²) in [5.74, 6) is -3.13. The fraction of sp³-hybridized carbons (Fsp3) is 0.321. The molecule has 2 aliphatic rings. The summed E-state index contributed by atoms with van der Waals surface area (Å²) in [6.07, 6.45) is -2.33. The predicted octanol–water partition coefficient (Wildman–Crippen LogP) is 3.27. The third-order valence-corrected chi connectivity index (χ3v) is 7.46. The zero-order chi connectivity index (χ0) is 30.4. The molecule has 0 saturated carbocycles. The monoisotopic (exact) mass is 587 g/mol. The topological polar surface area (TPSA) is 128 Å². The summed E-state index contributed by atoms with van der Waals surface area (Å²) < 4.78 is 61.2. The number of fused-ring (bicyclic) bond motifs is 2. The molecule has 1 aliphatic carbocycles. The number of halogens is 4. The van der Waals surface area contributed by atoms with Crippen LogP contribution < -0.4 is 5.73 Å². The lowest BCUT2D eigenvalue weighted by Gasteiger charge is -2.31. The van der Waals surface area contributed by atoms with E-state index < -0.39 is 60.5 Å². The number of alkyl halides is 3. The Morgan fingerprint density at radius 3 is 2.50 bits per heavy atom. The zero-order valence-electron chi connectivity index (χ0n) is 22.2. The molecular formula is C28H25F4N5O5. The second-order valence-electron chi connectivity index (χ2n) is 10.2. The van der Waals surface area contributed by atoms with Crippen molar-refractivity contribution in [1.82, 2.24) is 19.6 Å². The van der Waals surface area contributed by atoms with Gasteiger partial charge < -0.3 is 15.4 Å². The first-order chi connectivity index (χ1) is 19.8. The number of aryl methyl sites for hydroxylation is 1. The van der Waals surface area contributed by atoms with Crippen LogP contribution in [0.15, 0.2) is 54.9 Å². The maximum Gasteiger partial charge on any atom is 0.418 e. The molecule has 2 atom stereocenters. The first-order valence-electron chi connectivity index (χ1n) is 12.9. The van der Waals surface area contributed by atoms with Crippen molar-refractivity contribution < 1.29 is 41.5 Å². The third kappa shape index (κ3) is 5.31. The quantitative estimate of drug-likeness (QED) is 0.403. The molecule has 1 aromatic heterocycles. The van der Waals surface area contributed by atoms with Crippen molar-refractivity contribution in [2.45, 2.75) is 50.7 Å². The average Bonchev–Trinajstić information content (AvgIpc) is 3.60. The maximum atomic E-state index is 13.7. The van der Waals surface area contributed by atoms with Gasteiger partial charge in [-0.1, -0.05) is 30.3 Å². The molecule has 1 spiro atoms. The number of hydrogen-bond donors (Lipinski definition) is 1. The molecule has 42 heavy (non-hydrogen) atoms. The van der Waals surface area contributed by atoms with E-state index in [1.54, 1.807) is 30.6 Å². The number of primary amides is 1. The molecule has 2 N–H and O–H groups in total. The number of amides is 4. The van der Waals surface area contributed by atoms with E-state index in [0.717, 1.165) is 24.6 Å². The van der Waals surface area contributed by atoms with Crippen molar-refractivity contribution in [3.05, 3.63) is 77.4 Å². The fourth-order valence-electron chi connectivity index (χ4n) is 5.22. The number of nitrogens with two attached hydrogens (primary N) is 1. The highest BCUT2D eigenvalue weighted by Crippen LogP contribution is 2.46. The largest absolute Gasteiger partial charge is 0.427 e. The van der Waals surface area contributed by atoms with E-state index in [9.17, 15) is 36.7 Å². The van der Waals surface area contributed by atoms with Gasteiger partial charge in [0.15, 0.2) is 0 Å². The first kappa shape index (κ1) is 28.8. The lowest BCUT2D eigenvalue weighted by atomic mass is 9.93. The summed E-state index contributed by atoms with van der Waals surface area (Å²) in [6.45, 7) is -0.803. The molecule has 3 aromatic rings. The summed E-state index contributed by atoms with van der Waals surface area (Å²) in [5.41, 5.74) is 6.25. The van der Waals surface area contributed by atoms with Crippen molar-refractivity contribution in [3.8, 4) is 11.1 Å². The summed E-state index contributed by atoms with van der Waals surface area (Å²) in [4.78, 5) is 51.8. The van der Waals surface area contributed by atoms with Gasteiger partial charge in [0.2, 0.25) is 17.4 Å². The molecule has 14 heteroatoms. The van der Waals surface area contributed by atoms with Crippen LogP contribution in [-0.4, -0.2) is 62.2 Å². The minimum Gasteiger partial charge on any atom is -0.427 e. The number of benzene rings is 2. The predicted molar refractivity (Wildman–Crippen MR) is 138 cm³/mol. The lowest BCUT2D eigenvalue weighted by Crippen LogP contribution is -2.51. The number of carbonyl (C=O) groups is 4. The highest BCUT2D eigenvalue weighted by atomic mass is 19.4. The van der Waals surface area contributed by atoms with E-state index in [0.29, 0.717) is 32.9 Å². The van der Waals surface area contributed by atoms with Gasteiger partial charge in [-0.2, -0.15) is 18.3 Å². The Morgan fingerprint density at radius 2 is 1.83 bits per heavy atom. The molecular weight excluding hydrogens is 562 g/mol. The normalized spacial score (nSPS) is 18.7. The molecule has 4 amide bonds. The Kier molecular flexibility index (Phi) is 7.25. The molecule has 220 valence electrons. The maximum absolute atomic E-state index is 13.7. The Balaban J connectivity index is 1.37. The molecule has 0 radical (unpaired) electrons. The number of rotatable bonds is 8. The van der Waals surface area contributed by atoms with Crippen LogP contribution in [0, 0.1) is 5.82 Å². The van der Waals surface area contributed by atoms with Gasteiger partial charge >= 0.3 is 12.3 Å². The van der Waals surface area contributed by atoms with E-state index in [1.165, 1.54) is 16.8 Å². The van der Waals surface area contributed by atoms with Gasteiger partial charge in [-0.3, -0.25) is 19.1 Å². The second kappa shape index (κ2) is 10.6. The van der Waals surface area contributed by atoms with Crippen molar-refractivity contribution in [1.29, 1.82) is 0 Å². The van der Waals surface area contributed by atoms with E-state index in [2.05, 4.69) is 5.10 Å². The van der Waals surface area contributed by atoms with Crippen LogP contribution in [0.1, 0.15) is 30.0 Å². The van der Waals surface area contributed by atoms with Crippen molar-refractivity contribution in [3.63, 3.8) is 0 Å². The van der Waals surface area contributed by atoms with Gasteiger partial charge in [0, 0.05) is 30.3 Å². The van der Waals surface area contributed by atoms with Crippen LogP contribution in [0.25, 0.3) is 11.1 Å². The van der Waals surface area contributed by atoms with Gasteiger partial charge in [-0.25, -0.2) is 14.1 Å². The van der Waals surface area contributed by atoms with Crippen LogP contribution in [0.3, 0.4) is 0 Å². The van der Waals surface area contributed by atoms with E-state index in [4.69, 9.17) is 10.5 Å². The Labute approximate surface area is 236 Å². The molecule has 0 bridgehead atoms. The van der Waals surface area contributed by atoms with E-state index in [1.807, 2.05) is 0 Å². The first-order valence-corrected chi connectivity index (χ1v) is 12.9. The minimum absolute atomic E-state index is 0.0836. The van der Waals surface area contributed by atoms with Crippen molar-refractivity contribution in [2.75, 3.05) is 6.54 Å². The highest BCUT2D eigenvalue weighted by Gasteiger charge is 2.58. The average molecular weight is 588 g/mol. The molecule has 1 fully saturated rings. The van der Waals surface area contributed by atoms with Crippen molar-refractivity contribution >= 4 is 23.8 Å². The fourth-order valence-corrected chi connectivity index (χ4v) is 5.22. The smallest absolute Gasteiger partial charge is 0.418 e. The van der Waals surface area contributed by atoms with Crippen LogP contribution >= 0.6 is 0 Å². The van der Waals surface area contributed by atoms with E-state index >= 15 is 0 Å². The summed E-state index contributed by atoms with van der Waals surface area (Å²) in [7, 11) is 0. The number of carbonyl (C=O) groups excluding carboxylic acids is 4. The van der Waals surface area contributed by atoms with Gasteiger partial charge in [-0.15, -0.1) is 0 Å². The van der Waals surface area contributed by atoms with Crippen LogP contribution in [-0.2, 0) is 44.2 Å². The van der Waals surface area contributed by atoms with Crippen LogP contribution in [0.2, 0.25) is 0 Å². The van der Waals surface area contributed by atoms with Gasteiger partial charge in [0.25, 0.3) is 5.91 Å². The second-order valence-corrected chi connectivity index (χ2v) is 10.2.